The fraction of sp³-hybridized carbons (Fsp3) is 0.947. The topological polar surface area (TPSA) is 17.1 Å². The minimum Gasteiger partial charge on any atom is -0.299 e. The molecular formula is C19H30O. The predicted molar refractivity (Wildman–Crippen MR) is 81.4 cm³/mol. The third kappa shape index (κ3) is 1.64. The highest BCUT2D eigenvalue weighted by molar-refractivity contribution is 5.83. The van der Waals surface area contributed by atoms with E-state index in [-0.39, 0.29) is 0 Å². The van der Waals surface area contributed by atoms with E-state index in [1.807, 2.05) is 0 Å². The number of carbonyl (C=O) groups is 1. The average Bonchev–Trinajstić information content (AvgIpc) is 2.81. The van der Waals surface area contributed by atoms with E-state index in [1.165, 1.54) is 57.8 Å². The molecule has 4 aliphatic carbocycles. The molecule has 4 saturated carbocycles. The van der Waals surface area contributed by atoms with Crippen LogP contribution < -0.4 is 0 Å². The standard InChI is InChI=1S/C19H30O/c1-18-9-5-7-14(18)17-15(8-11-18)19(2)10-4-3-6-13(19)12-16(17)20/h13-15,17H,3-12H2,1-2H3. The van der Waals surface area contributed by atoms with Crippen LogP contribution in [0.3, 0.4) is 0 Å². The van der Waals surface area contributed by atoms with Crippen molar-refractivity contribution < 1.29 is 4.79 Å². The number of Topliss-reactive ketones (excluding diaryl/α,β-unsaturated/α-hetero) is 1. The van der Waals surface area contributed by atoms with Gasteiger partial charge < -0.3 is 0 Å². The number of fused-ring (bicyclic) bond motifs is 5. The van der Waals surface area contributed by atoms with Crippen molar-refractivity contribution in [3.63, 3.8) is 0 Å². The summed E-state index contributed by atoms with van der Waals surface area (Å²) in [6, 6.07) is 0. The molecule has 1 heteroatoms. The van der Waals surface area contributed by atoms with Gasteiger partial charge in [0, 0.05) is 12.3 Å². The van der Waals surface area contributed by atoms with E-state index in [4.69, 9.17) is 0 Å². The number of hydrogen-bond acceptors (Lipinski definition) is 1. The second-order valence-electron chi connectivity index (χ2n) is 8.94. The van der Waals surface area contributed by atoms with Crippen LogP contribution in [0.5, 0.6) is 0 Å². The first-order chi connectivity index (χ1) is 9.55. The maximum Gasteiger partial charge on any atom is 0.136 e. The molecule has 0 saturated heterocycles. The molecule has 0 aromatic rings. The molecule has 4 fully saturated rings. The van der Waals surface area contributed by atoms with Crippen molar-refractivity contribution in [2.75, 3.05) is 0 Å². The van der Waals surface area contributed by atoms with Gasteiger partial charge >= 0.3 is 0 Å². The highest BCUT2D eigenvalue weighted by Crippen LogP contribution is 2.65. The van der Waals surface area contributed by atoms with Crippen LogP contribution in [-0.4, -0.2) is 5.78 Å². The van der Waals surface area contributed by atoms with E-state index in [9.17, 15) is 4.79 Å². The normalized spacial score (nSPS) is 55.0. The van der Waals surface area contributed by atoms with Crippen LogP contribution in [0, 0.1) is 34.5 Å². The number of carbonyl (C=O) groups excluding carboxylic acids is 1. The van der Waals surface area contributed by atoms with Crippen molar-refractivity contribution in [3.05, 3.63) is 0 Å². The minimum absolute atomic E-state index is 0.440. The molecule has 0 radical (unpaired) electrons. The molecule has 0 amide bonds. The van der Waals surface area contributed by atoms with Crippen LogP contribution in [0.1, 0.15) is 78.1 Å². The van der Waals surface area contributed by atoms with Crippen LogP contribution in [0.15, 0.2) is 0 Å². The van der Waals surface area contributed by atoms with Crippen LogP contribution in [0.4, 0.5) is 0 Å². The first-order valence-electron chi connectivity index (χ1n) is 9.07. The largest absolute Gasteiger partial charge is 0.299 e. The van der Waals surface area contributed by atoms with Gasteiger partial charge in [0.1, 0.15) is 5.78 Å². The SMILES string of the molecule is CC12CCCC1C1C(=O)CC3CCCCC3(C)C1CC2. The van der Waals surface area contributed by atoms with Crippen molar-refractivity contribution >= 4 is 5.78 Å². The Morgan fingerprint density at radius 3 is 2.60 bits per heavy atom. The Kier molecular flexibility index (Phi) is 2.89. The lowest BCUT2D eigenvalue weighted by atomic mass is 9.45. The molecule has 0 N–H and O–H groups in total. The molecule has 0 heterocycles. The molecule has 0 aromatic carbocycles. The summed E-state index contributed by atoms with van der Waals surface area (Å²) in [5, 5.41) is 0. The molecule has 4 rings (SSSR count). The molecule has 0 bridgehead atoms. The van der Waals surface area contributed by atoms with Crippen molar-refractivity contribution in [1.82, 2.24) is 0 Å². The van der Waals surface area contributed by atoms with E-state index in [0.717, 1.165) is 24.2 Å². The lowest BCUT2D eigenvalue weighted by molar-refractivity contribution is -0.153. The van der Waals surface area contributed by atoms with E-state index < -0.39 is 0 Å². The number of ketones is 1. The highest BCUT2D eigenvalue weighted by atomic mass is 16.1. The summed E-state index contributed by atoms with van der Waals surface area (Å²) in [5.41, 5.74) is 1.01. The Morgan fingerprint density at radius 1 is 0.900 bits per heavy atom. The van der Waals surface area contributed by atoms with Crippen LogP contribution in [0.2, 0.25) is 0 Å². The van der Waals surface area contributed by atoms with Gasteiger partial charge in [-0.1, -0.05) is 33.1 Å². The Hall–Kier alpha value is -0.330. The molecular weight excluding hydrogens is 244 g/mol. The van der Waals surface area contributed by atoms with Crippen molar-refractivity contribution in [2.45, 2.75) is 78.1 Å². The zero-order valence-electron chi connectivity index (χ0n) is 13.3. The summed E-state index contributed by atoms with van der Waals surface area (Å²) >= 11 is 0. The number of rotatable bonds is 0. The second kappa shape index (κ2) is 4.34. The van der Waals surface area contributed by atoms with E-state index >= 15 is 0 Å². The van der Waals surface area contributed by atoms with Gasteiger partial charge in [-0.05, 0) is 67.1 Å². The highest BCUT2D eigenvalue weighted by Gasteiger charge is 2.59. The van der Waals surface area contributed by atoms with Crippen LogP contribution in [-0.2, 0) is 4.79 Å². The zero-order valence-corrected chi connectivity index (χ0v) is 13.3. The van der Waals surface area contributed by atoms with Crippen LogP contribution in [0.25, 0.3) is 0 Å². The van der Waals surface area contributed by atoms with Gasteiger partial charge in [0.05, 0.1) is 0 Å². The summed E-state index contributed by atoms with van der Waals surface area (Å²) in [6.07, 6.45) is 13.3. The molecule has 0 aliphatic heterocycles. The summed E-state index contributed by atoms with van der Waals surface area (Å²) in [6.45, 7) is 5.04. The lowest BCUT2D eigenvalue weighted by Crippen LogP contribution is -2.55. The monoisotopic (exact) mass is 274 g/mol. The van der Waals surface area contributed by atoms with Crippen LogP contribution >= 0.6 is 0 Å². The molecule has 112 valence electrons. The van der Waals surface area contributed by atoms with Gasteiger partial charge in [-0.3, -0.25) is 4.79 Å². The van der Waals surface area contributed by atoms with E-state index in [2.05, 4.69) is 13.8 Å². The van der Waals surface area contributed by atoms with Gasteiger partial charge in [0.25, 0.3) is 0 Å². The molecule has 1 nitrogen and oxygen atoms in total. The number of hydrogen-bond donors (Lipinski definition) is 0. The molecule has 4 aliphatic rings. The van der Waals surface area contributed by atoms with Crippen molar-refractivity contribution in [3.8, 4) is 0 Å². The van der Waals surface area contributed by atoms with Gasteiger partial charge in [-0.2, -0.15) is 0 Å². The lowest BCUT2D eigenvalue weighted by Gasteiger charge is -2.59. The van der Waals surface area contributed by atoms with Crippen molar-refractivity contribution in [2.24, 2.45) is 34.5 Å². The Morgan fingerprint density at radius 2 is 1.75 bits per heavy atom. The minimum atomic E-state index is 0.440. The third-order valence-electron chi connectivity index (χ3n) is 8.17. The fourth-order valence-corrected chi connectivity index (χ4v) is 6.95. The molecule has 0 spiro atoms. The second-order valence-corrected chi connectivity index (χ2v) is 8.94. The molecule has 20 heavy (non-hydrogen) atoms. The summed E-state index contributed by atoms with van der Waals surface area (Å²) in [5.74, 6) is 3.28. The summed E-state index contributed by atoms with van der Waals surface area (Å²) < 4.78 is 0. The molecule has 6 atom stereocenters. The smallest absolute Gasteiger partial charge is 0.136 e. The van der Waals surface area contributed by atoms with E-state index in [0.29, 0.717) is 22.5 Å². The van der Waals surface area contributed by atoms with E-state index in [1.54, 1.807) is 0 Å². The Labute approximate surface area is 123 Å². The summed E-state index contributed by atoms with van der Waals surface area (Å²) in [4.78, 5) is 12.9. The first-order valence-corrected chi connectivity index (χ1v) is 9.07. The van der Waals surface area contributed by atoms with Gasteiger partial charge in [0.2, 0.25) is 0 Å². The quantitative estimate of drug-likeness (QED) is 0.608. The maximum absolute atomic E-state index is 12.9. The van der Waals surface area contributed by atoms with Gasteiger partial charge in [-0.25, -0.2) is 0 Å². The Balaban J connectivity index is 1.71. The average molecular weight is 274 g/mol. The maximum atomic E-state index is 12.9. The third-order valence-corrected chi connectivity index (χ3v) is 8.17. The molecule has 6 unspecified atom stereocenters. The van der Waals surface area contributed by atoms with Crippen molar-refractivity contribution in [1.29, 1.82) is 0 Å². The zero-order chi connectivity index (χ0) is 14.0. The van der Waals surface area contributed by atoms with Gasteiger partial charge in [-0.15, -0.1) is 0 Å². The van der Waals surface area contributed by atoms with Gasteiger partial charge in [0.15, 0.2) is 0 Å². The molecule has 0 aromatic heterocycles. The summed E-state index contributed by atoms with van der Waals surface area (Å²) in [7, 11) is 0. The Bertz CT molecular complexity index is 427. The fourth-order valence-electron chi connectivity index (χ4n) is 6.95. The first kappa shape index (κ1) is 13.3. The predicted octanol–water partition coefficient (Wildman–Crippen LogP) is 4.99.